The fourth-order valence-corrected chi connectivity index (χ4v) is 1.57. The first-order valence-electron chi connectivity index (χ1n) is 4.45. The predicted molar refractivity (Wildman–Crippen MR) is 56.5 cm³/mol. The number of thioether (sulfide) groups is 1. The van der Waals surface area contributed by atoms with Crippen LogP contribution < -0.4 is 5.73 Å². The van der Waals surface area contributed by atoms with E-state index in [1.165, 1.54) is 18.0 Å². The van der Waals surface area contributed by atoms with Crippen LogP contribution in [0.25, 0.3) is 0 Å². The molecule has 0 amide bonds. The summed E-state index contributed by atoms with van der Waals surface area (Å²) in [5.41, 5.74) is 1.17. The van der Waals surface area contributed by atoms with Crippen molar-refractivity contribution in [1.29, 1.82) is 0 Å². The third kappa shape index (κ3) is 4.17. The first-order chi connectivity index (χ1) is 7.83. The number of hydrogen-bond acceptors (Lipinski definition) is 5. The van der Waals surface area contributed by atoms with Crippen molar-refractivity contribution in [3.8, 4) is 0 Å². The molecule has 17 heavy (non-hydrogen) atoms. The SMILES string of the molecule is COC(=O)c1nn(CCSC(F)(F)F)cc1N. The number of hydrogen-bond donors (Lipinski definition) is 1. The Morgan fingerprint density at radius 2 is 2.29 bits per heavy atom. The summed E-state index contributed by atoms with van der Waals surface area (Å²) in [5, 5.41) is 3.74. The maximum Gasteiger partial charge on any atom is 0.441 e. The van der Waals surface area contributed by atoms with Gasteiger partial charge in [-0.1, -0.05) is 0 Å². The Labute approximate surface area is 99.1 Å². The molecule has 5 nitrogen and oxygen atoms in total. The van der Waals surface area contributed by atoms with Crippen molar-refractivity contribution in [2.45, 2.75) is 12.1 Å². The second-order valence-electron chi connectivity index (χ2n) is 2.98. The van der Waals surface area contributed by atoms with Gasteiger partial charge >= 0.3 is 11.5 Å². The normalized spacial score (nSPS) is 11.5. The van der Waals surface area contributed by atoms with Gasteiger partial charge in [0.2, 0.25) is 0 Å². The second-order valence-corrected chi connectivity index (χ2v) is 4.14. The zero-order chi connectivity index (χ0) is 13.1. The molecule has 0 radical (unpaired) electrons. The van der Waals surface area contributed by atoms with Gasteiger partial charge in [0.1, 0.15) is 0 Å². The van der Waals surface area contributed by atoms with Gasteiger partial charge in [0.25, 0.3) is 0 Å². The lowest BCUT2D eigenvalue weighted by atomic mass is 10.4. The number of anilines is 1. The molecule has 9 heteroatoms. The zero-order valence-electron chi connectivity index (χ0n) is 8.82. The van der Waals surface area contributed by atoms with Crippen LogP contribution in [-0.4, -0.2) is 34.1 Å². The Morgan fingerprint density at radius 3 is 2.82 bits per heavy atom. The molecule has 0 bridgehead atoms. The highest BCUT2D eigenvalue weighted by Crippen LogP contribution is 2.30. The molecule has 2 N–H and O–H groups in total. The molecule has 96 valence electrons. The molecule has 0 saturated carbocycles. The topological polar surface area (TPSA) is 70.1 Å². The molecule has 1 aromatic heterocycles. The minimum atomic E-state index is -4.27. The van der Waals surface area contributed by atoms with Gasteiger partial charge in [-0.05, 0) is 11.8 Å². The van der Waals surface area contributed by atoms with Gasteiger partial charge in [-0.15, -0.1) is 0 Å². The van der Waals surface area contributed by atoms with E-state index in [1.54, 1.807) is 0 Å². The summed E-state index contributed by atoms with van der Waals surface area (Å²) in [6.07, 6.45) is 1.29. The summed E-state index contributed by atoms with van der Waals surface area (Å²) in [4.78, 5) is 11.1. The molecule has 0 atom stereocenters. The number of nitrogens with zero attached hydrogens (tertiary/aromatic N) is 2. The Balaban J connectivity index is 2.59. The smallest absolute Gasteiger partial charge is 0.441 e. The zero-order valence-corrected chi connectivity index (χ0v) is 9.64. The number of aryl methyl sites for hydroxylation is 1. The van der Waals surface area contributed by atoms with Crippen LogP contribution >= 0.6 is 11.8 Å². The lowest BCUT2D eigenvalue weighted by Crippen LogP contribution is -2.09. The van der Waals surface area contributed by atoms with Crippen molar-refractivity contribution in [3.05, 3.63) is 11.9 Å². The fraction of sp³-hybridized carbons (Fsp3) is 0.500. The number of carbonyl (C=O) groups is 1. The maximum absolute atomic E-state index is 11.9. The number of carbonyl (C=O) groups excluding carboxylic acids is 1. The van der Waals surface area contributed by atoms with E-state index in [0.29, 0.717) is 0 Å². The Bertz CT molecular complexity index is 405. The summed E-state index contributed by atoms with van der Waals surface area (Å²) in [6.45, 7) is 0.00533. The number of esters is 1. The van der Waals surface area contributed by atoms with Gasteiger partial charge in [-0.25, -0.2) is 4.79 Å². The van der Waals surface area contributed by atoms with Crippen LogP contribution in [0.5, 0.6) is 0 Å². The monoisotopic (exact) mass is 269 g/mol. The van der Waals surface area contributed by atoms with Crippen LogP contribution in [0, 0.1) is 0 Å². The molecule has 0 aliphatic carbocycles. The summed E-state index contributed by atoms with van der Waals surface area (Å²) < 4.78 is 41.2. The molecular weight excluding hydrogens is 259 g/mol. The third-order valence-corrected chi connectivity index (χ3v) is 2.47. The van der Waals surface area contributed by atoms with Crippen LogP contribution in [0.3, 0.4) is 0 Å². The average Bonchev–Trinajstić information content (AvgIpc) is 2.57. The average molecular weight is 269 g/mol. The van der Waals surface area contributed by atoms with E-state index in [1.807, 2.05) is 0 Å². The Morgan fingerprint density at radius 1 is 1.65 bits per heavy atom. The summed E-state index contributed by atoms with van der Waals surface area (Å²) in [5.74, 6) is -0.921. The third-order valence-electron chi connectivity index (χ3n) is 1.75. The number of alkyl halides is 3. The van der Waals surface area contributed by atoms with Crippen LogP contribution in [0.2, 0.25) is 0 Å². The van der Waals surface area contributed by atoms with E-state index in [-0.39, 0.29) is 35.4 Å². The number of nitrogens with two attached hydrogens (primary N) is 1. The highest BCUT2D eigenvalue weighted by molar-refractivity contribution is 8.00. The van der Waals surface area contributed by atoms with Gasteiger partial charge in [0, 0.05) is 11.9 Å². The van der Waals surface area contributed by atoms with E-state index in [4.69, 9.17) is 5.73 Å². The van der Waals surface area contributed by atoms with Crippen molar-refractivity contribution < 1.29 is 22.7 Å². The Kier molecular flexibility index (Phi) is 4.27. The number of ether oxygens (including phenoxy) is 1. The molecule has 0 unspecified atom stereocenters. The second kappa shape index (κ2) is 5.30. The number of halogens is 3. The highest BCUT2D eigenvalue weighted by Gasteiger charge is 2.27. The van der Waals surface area contributed by atoms with E-state index in [0.717, 1.165) is 0 Å². The molecule has 0 saturated heterocycles. The highest BCUT2D eigenvalue weighted by atomic mass is 32.2. The maximum atomic E-state index is 11.9. The fourth-order valence-electron chi connectivity index (χ4n) is 1.06. The van der Waals surface area contributed by atoms with Gasteiger partial charge in [0.15, 0.2) is 5.69 Å². The molecular formula is C8H10F3N3O2S. The van der Waals surface area contributed by atoms with Crippen molar-refractivity contribution in [3.63, 3.8) is 0 Å². The Hall–Kier alpha value is -1.38. The first-order valence-corrected chi connectivity index (χ1v) is 5.44. The molecule has 1 rings (SSSR count). The van der Waals surface area contributed by atoms with E-state index in [2.05, 4.69) is 9.84 Å². The molecule has 0 fully saturated rings. The number of aromatic nitrogens is 2. The van der Waals surface area contributed by atoms with Crippen LogP contribution in [-0.2, 0) is 11.3 Å². The van der Waals surface area contributed by atoms with Crippen molar-refractivity contribution >= 4 is 23.4 Å². The van der Waals surface area contributed by atoms with Crippen LogP contribution in [0.15, 0.2) is 6.20 Å². The minimum Gasteiger partial charge on any atom is -0.464 e. The quantitative estimate of drug-likeness (QED) is 0.839. The van der Waals surface area contributed by atoms with Gasteiger partial charge in [-0.3, -0.25) is 4.68 Å². The summed E-state index contributed by atoms with van der Waals surface area (Å²) in [6, 6.07) is 0. The van der Waals surface area contributed by atoms with Gasteiger partial charge in [0.05, 0.1) is 19.3 Å². The predicted octanol–water partition coefficient (Wildman–Crippen LogP) is 1.50. The van der Waals surface area contributed by atoms with E-state index in [9.17, 15) is 18.0 Å². The van der Waals surface area contributed by atoms with Crippen molar-refractivity contribution in [2.75, 3.05) is 18.6 Å². The van der Waals surface area contributed by atoms with Crippen LogP contribution in [0.1, 0.15) is 10.5 Å². The van der Waals surface area contributed by atoms with Crippen molar-refractivity contribution in [2.24, 2.45) is 0 Å². The largest absolute Gasteiger partial charge is 0.464 e. The minimum absolute atomic E-state index is 0.00533. The van der Waals surface area contributed by atoms with E-state index >= 15 is 0 Å². The molecule has 1 aromatic rings. The van der Waals surface area contributed by atoms with Gasteiger partial charge < -0.3 is 10.5 Å². The van der Waals surface area contributed by atoms with E-state index < -0.39 is 11.5 Å². The first kappa shape index (κ1) is 13.7. The molecule has 0 aromatic carbocycles. The standard InChI is InChI=1S/C8H10F3N3O2S/c1-16-7(15)6-5(12)4-14(13-6)2-3-17-8(9,10)11/h4H,2-3,12H2,1H3. The van der Waals surface area contributed by atoms with Crippen LogP contribution in [0.4, 0.5) is 18.9 Å². The number of nitrogen functional groups attached to an aromatic ring is 1. The molecule has 1 heterocycles. The number of methoxy groups -OCH3 is 1. The molecule has 0 aliphatic rings. The summed E-state index contributed by atoms with van der Waals surface area (Å²) >= 11 is -0.160. The van der Waals surface area contributed by atoms with Gasteiger partial charge in [-0.2, -0.15) is 18.3 Å². The molecule has 0 aliphatic heterocycles. The lowest BCUT2D eigenvalue weighted by Gasteiger charge is -2.04. The van der Waals surface area contributed by atoms with Crippen molar-refractivity contribution in [1.82, 2.24) is 9.78 Å². The number of rotatable bonds is 4. The lowest BCUT2D eigenvalue weighted by molar-refractivity contribution is -0.0328. The summed E-state index contributed by atoms with van der Waals surface area (Å²) in [7, 11) is 1.17. The molecule has 0 spiro atoms.